The Bertz CT molecular complexity index is 262. The van der Waals surface area contributed by atoms with Crippen LogP contribution in [-0.4, -0.2) is 4.98 Å². The molecule has 0 unspecified atom stereocenters. The summed E-state index contributed by atoms with van der Waals surface area (Å²) < 4.78 is 36.3. The van der Waals surface area contributed by atoms with E-state index in [4.69, 9.17) is 0 Å². The molecule has 0 aliphatic carbocycles. The first-order chi connectivity index (χ1) is 5.81. The molecule has 0 aliphatic rings. The summed E-state index contributed by atoms with van der Waals surface area (Å²) in [5.74, 6) is 0. The van der Waals surface area contributed by atoms with Gasteiger partial charge in [0.15, 0.2) is 0 Å². The lowest BCUT2D eigenvalue weighted by atomic mass is 10.1. The number of alkyl halides is 3. The van der Waals surface area contributed by atoms with Gasteiger partial charge in [0.05, 0.1) is 5.69 Å². The Morgan fingerprint density at radius 1 is 1.00 bits per heavy atom. The molecule has 66 valence electrons. The largest absolute Gasteiger partial charge is 0.258 e. The Morgan fingerprint density at radius 2 is 1.67 bits per heavy atom. The van der Waals surface area contributed by atoms with E-state index in [9.17, 15) is 13.2 Å². The van der Waals surface area contributed by atoms with Gasteiger partial charge in [0.2, 0.25) is 0 Å². The van der Waals surface area contributed by atoms with Crippen LogP contribution in [0.25, 0.3) is 0 Å². The number of hydrogen-bond acceptors (Lipinski definition) is 1. The van der Waals surface area contributed by atoms with Crippen molar-refractivity contribution in [3.63, 3.8) is 0 Å². The molecule has 0 amide bonds. The van der Waals surface area contributed by atoms with Crippen molar-refractivity contribution in [3.05, 3.63) is 29.1 Å². The number of rotatable bonds is 3. The summed E-state index contributed by atoms with van der Waals surface area (Å²) in [6.07, 6.45) is 1.17. The summed E-state index contributed by atoms with van der Waals surface area (Å²) in [4.78, 5) is 3.59. The third-order valence-corrected chi connectivity index (χ3v) is 1.56. The van der Waals surface area contributed by atoms with E-state index in [1.807, 2.05) is 0 Å². The molecular weight excluding hydrogens is 167 g/mol. The molecule has 1 heterocycles. The van der Waals surface area contributed by atoms with Crippen LogP contribution in [0.2, 0.25) is 0 Å². The van der Waals surface area contributed by atoms with Crippen LogP contribution < -0.4 is 0 Å². The van der Waals surface area contributed by atoms with Gasteiger partial charge in [-0.3, -0.25) is 4.98 Å². The predicted molar refractivity (Wildman–Crippen MR) is 38.7 cm³/mol. The molecule has 12 heavy (non-hydrogen) atoms. The SMILES string of the molecule is FCc1cc(CF)c(CF)cn1. The van der Waals surface area contributed by atoms with Gasteiger partial charge in [-0.15, -0.1) is 0 Å². The summed E-state index contributed by atoms with van der Waals surface area (Å²) in [6, 6.07) is 1.24. The normalized spacial score (nSPS) is 10.2. The van der Waals surface area contributed by atoms with Crippen molar-refractivity contribution in [1.82, 2.24) is 4.98 Å². The Hall–Kier alpha value is -1.06. The Morgan fingerprint density at radius 3 is 2.17 bits per heavy atom. The maximum Gasteiger partial charge on any atom is 0.131 e. The molecule has 0 N–H and O–H groups in total. The first-order valence-electron chi connectivity index (χ1n) is 3.46. The van der Waals surface area contributed by atoms with E-state index in [1.165, 1.54) is 12.3 Å². The quantitative estimate of drug-likeness (QED) is 0.687. The summed E-state index contributed by atoms with van der Waals surface area (Å²) >= 11 is 0. The lowest BCUT2D eigenvalue weighted by molar-refractivity contribution is 0.446. The summed E-state index contributed by atoms with van der Waals surface area (Å²) in [5, 5.41) is 0. The van der Waals surface area contributed by atoms with Crippen molar-refractivity contribution >= 4 is 0 Å². The molecule has 1 aromatic heterocycles. The molecule has 0 saturated heterocycles. The molecule has 0 saturated carbocycles. The first-order valence-corrected chi connectivity index (χ1v) is 3.46. The minimum Gasteiger partial charge on any atom is -0.258 e. The molecule has 0 bridgehead atoms. The van der Waals surface area contributed by atoms with Gasteiger partial charge < -0.3 is 0 Å². The zero-order chi connectivity index (χ0) is 8.97. The van der Waals surface area contributed by atoms with Crippen LogP contribution in [0.5, 0.6) is 0 Å². The minimum absolute atomic E-state index is 0.139. The molecular formula is C8H8F3N. The maximum absolute atomic E-state index is 12.2. The highest BCUT2D eigenvalue weighted by Gasteiger charge is 2.04. The second-order valence-corrected chi connectivity index (χ2v) is 2.35. The lowest BCUT2D eigenvalue weighted by Gasteiger charge is -2.02. The van der Waals surface area contributed by atoms with Gasteiger partial charge in [-0.1, -0.05) is 0 Å². The van der Waals surface area contributed by atoms with E-state index in [1.54, 1.807) is 0 Å². The molecule has 0 aromatic carbocycles. The van der Waals surface area contributed by atoms with Crippen molar-refractivity contribution in [1.29, 1.82) is 0 Å². The van der Waals surface area contributed by atoms with Gasteiger partial charge in [-0.05, 0) is 11.6 Å². The fraction of sp³-hybridized carbons (Fsp3) is 0.375. The van der Waals surface area contributed by atoms with Crippen LogP contribution >= 0.6 is 0 Å². The molecule has 1 nitrogen and oxygen atoms in total. The standard InChI is InChI=1S/C8H8F3N/c9-2-6-1-8(4-11)12-5-7(6)3-10/h1,5H,2-4H2. The number of halogens is 3. The fourth-order valence-corrected chi connectivity index (χ4v) is 0.893. The topological polar surface area (TPSA) is 12.9 Å². The number of pyridine rings is 1. The van der Waals surface area contributed by atoms with Crippen LogP contribution in [0, 0.1) is 0 Å². The lowest BCUT2D eigenvalue weighted by Crippen LogP contribution is -1.94. The molecule has 0 radical (unpaired) electrons. The maximum atomic E-state index is 12.2. The van der Waals surface area contributed by atoms with Crippen molar-refractivity contribution in [2.75, 3.05) is 0 Å². The molecule has 0 fully saturated rings. The molecule has 0 aliphatic heterocycles. The second kappa shape index (κ2) is 4.09. The highest BCUT2D eigenvalue weighted by Crippen LogP contribution is 2.12. The average Bonchev–Trinajstić information content (AvgIpc) is 2.16. The van der Waals surface area contributed by atoms with Crippen molar-refractivity contribution in [3.8, 4) is 0 Å². The van der Waals surface area contributed by atoms with Crippen LogP contribution in [0.3, 0.4) is 0 Å². The Labute approximate surface area is 68.2 Å². The van der Waals surface area contributed by atoms with Gasteiger partial charge in [-0.2, -0.15) is 0 Å². The van der Waals surface area contributed by atoms with E-state index < -0.39 is 20.0 Å². The molecule has 4 heteroatoms. The number of hydrogen-bond donors (Lipinski definition) is 0. The van der Waals surface area contributed by atoms with E-state index in [0.717, 1.165) is 0 Å². The zero-order valence-corrected chi connectivity index (χ0v) is 6.36. The van der Waals surface area contributed by atoms with Crippen molar-refractivity contribution < 1.29 is 13.2 Å². The monoisotopic (exact) mass is 175 g/mol. The van der Waals surface area contributed by atoms with Gasteiger partial charge in [0.1, 0.15) is 20.0 Å². The summed E-state index contributed by atoms with van der Waals surface area (Å²) in [7, 11) is 0. The molecule has 1 rings (SSSR count). The smallest absolute Gasteiger partial charge is 0.131 e. The van der Waals surface area contributed by atoms with E-state index in [0.29, 0.717) is 0 Å². The Kier molecular flexibility index (Phi) is 3.08. The number of nitrogens with zero attached hydrogens (tertiary/aromatic N) is 1. The van der Waals surface area contributed by atoms with Gasteiger partial charge in [-0.25, -0.2) is 13.2 Å². The summed E-state index contributed by atoms with van der Waals surface area (Å²) in [5.41, 5.74) is 0.509. The zero-order valence-electron chi connectivity index (χ0n) is 6.36. The predicted octanol–water partition coefficient (Wildman–Crippen LogP) is 2.49. The van der Waals surface area contributed by atoms with Crippen molar-refractivity contribution in [2.45, 2.75) is 20.0 Å². The molecule has 1 aromatic rings. The van der Waals surface area contributed by atoms with Gasteiger partial charge in [0.25, 0.3) is 0 Å². The highest BCUT2D eigenvalue weighted by molar-refractivity contribution is 5.25. The third kappa shape index (κ3) is 1.75. The van der Waals surface area contributed by atoms with Gasteiger partial charge in [0, 0.05) is 11.8 Å². The second-order valence-electron chi connectivity index (χ2n) is 2.35. The third-order valence-electron chi connectivity index (χ3n) is 1.56. The van der Waals surface area contributed by atoms with Crippen LogP contribution in [-0.2, 0) is 20.0 Å². The van der Waals surface area contributed by atoms with E-state index in [-0.39, 0.29) is 16.8 Å². The summed E-state index contributed by atoms with van der Waals surface area (Å²) in [6.45, 7) is -2.30. The highest BCUT2D eigenvalue weighted by atomic mass is 19.1. The minimum atomic E-state index is -0.783. The van der Waals surface area contributed by atoms with Crippen LogP contribution in [0.4, 0.5) is 13.2 Å². The van der Waals surface area contributed by atoms with Gasteiger partial charge >= 0.3 is 0 Å². The van der Waals surface area contributed by atoms with Crippen LogP contribution in [0.15, 0.2) is 12.3 Å². The van der Waals surface area contributed by atoms with Crippen LogP contribution in [0.1, 0.15) is 16.8 Å². The van der Waals surface area contributed by atoms with Crippen molar-refractivity contribution in [2.24, 2.45) is 0 Å². The Balaban J connectivity index is 3.02. The fourth-order valence-electron chi connectivity index (χ4n) is 0.893. The molecule has 0 atom stereocenters. The van der Waals surface area contributed by atoms with E-state index in [2.05, 4.69) is 4.98 Å². The number of aromatic nitrogens is 1. The van der Waals surface area contributed by atoms with E-state index >= 15 is 0 Å². The average molecular weight is 175 g/mol. The first kappa shape index (κ1) is 9.03. The molecule has 0 spiro atoms.